The Morgan fingerprint density at radius 2 is 2.05 bits per heavy atom. The summed E-state index contributed by atoms with van der Waals surface area (Å²) in [6.07, 6.45) is 1.21. The van der Waals surface area contributed by atoms with E-state index in [9.17, 15) is 0 Å². The Hall–Kier alpha value is -1.40. The first-order valence-electron chi connectivity index (χ1n) is 7.55. The van der Waals surface area contributed by atoms with Crippen molar-refractivity contribution in [3.05, 3.63) is 11.4 Å². The third-order valence-corrected chi connectivity index (χ3v) is 3.68. The molecule has 3 N–H and O–H groups in total. The monoisotopic (exact) mass is 293 g/mol. The van der Waals surface area contributed by atoms with Crippen LogP contribution in [0.1, 0.15) is 45.5 Å². The average molecular weight is 293 g/mol. The lowest BCUT2D eigenvalue weighted by Gasteiger charge is -2.28. The summed E-state index contributed by atoms with van der Waals surface area (Å²) in [7, 11) is 0. The fourth-order valence-electron chi connectivity index (χ4n) is 2.48. The molecular weight excluding hydrogens is 266 g/mol. The van der Waals surface area contributed by atoms with Gasteiger partial charge >= 0.3 is 0 Å². The number of hydrogen-bond acceptors (Lipinski definition) is 6. The van der Waals surface area contributed by atoms with Gasteiger partial charge in [0.15, 0.2) is 0 Å². The van der Waals surface area contributed by atoms with E-state index in [1.165, 1.54) is 0 Å². The van der Waals surface area contributed by atoms with Crippen molar-refractivity contribution < 1.29 is 4.74 Å². The quantitative estimate of drug-likeness (QED) is 0.641. The molecule has 1 atom stereocenters. The van der Waals surface area contributed by atoms with Crippen molar-refractivity contribution in [2.45, 2.75) is 52.6 Å². The van der Waals surface area contributed by atoms with Gasteiger partial charge in [0, 0.05) is 30.7 Å². The van der Waals surface area contributed by atoms with Crippen LogP contribution in [0.3, 0.4) is 0 Å². The van der Waals surface area contributed by atoms with Crippen LogP contribution in [-0.4, -0.2) is 35.8 Å². The molecule has 0 aliphatic carbocycles. The summed E-state index contributed by atoms with van der Waals surface area (Å²) in [4.78, 5) is 11.7. The maximum atomic E-state index is 5.72. The minimum absolute atomic E-state index is 0.123. The maximum Gasteiger partial charge on any atom is 0.148 e. The second-order valence-electron chi connectivity index (χ2n) is 6.72. The van der Waals surface area contributed by atoms with Crippen LogP contribution in [0.2, 0.25) is 0 Å². The standard InChI is InChI=1S/C15H27N5O/c1-10-9-20(7-6-8-21-10)13-11(2)12(19-16)17-14(18-13)15(3,4)5/h10H,6-9,16H2,1-5H3,(H,17,18,19). The fourth-order valence-corrected chi connectivity index (χ4v) is 2.48. The summed E-state index contributed by atoms with van der Waals surface area (Å²) in [5, 5.41) is 0. The Labute approximate surface area is 127 Å². The van der Waals surface area contributed by atoms with Gasteiger partial charge in [-0.1, -0.05) is 20.8 Å². The molecule has 1 fully saturated rings. The Morgan fingerprint density at radius 3 is 2.67 bits per heavy atom. The lowest BCUT2D eigenvalue weighted by molar-refractivity contribution is 0.0820. The number of hydrogen-bond donors (Lipinski definition) is 2. The number of nitrogens with two attached hydrogens (primary N) is 1. The van der Waals surface area contributed by atoms with Crippen molar-refractivity contribution in [3.8, 4) is 0 Å². The van der Waals surface area contributed by atoms with E-state index in [0.29, 0.717) is 5.82 Å². The van der Waals surface area contributed by atoms with Crippen molar-refractivity contribution in [2.24, 2.45) is 5.84 Å². The van der Waals surface area contributed by atoms with Gasteiger partial charge in [-0.2, -0.15) is 0 Å². The Morgan fingerprint density at radius 1 is 1.33 bits per heavy atom. The SMILES string of the molecule is Cc1c(NN)nc(C(C)(C)C)nc1N1CCCOC(C)C1. The second kappa shape index (κ2) is 6.15. The molecule has 2 rings (SSSR count). The van der Waals surface area contributed by atoms with Crippen molar-refractivity contribution in [3.63, 3.8) is 0 Å². The molecule has 0 saturated carbocycles. The first-order valence-corrected chi connectivity index (χ1v) is 7.55. The van der Waals surface area contributed by atoms with E-state index in [1.807, 2.05) is 6.92 Å². The van der Waals surface area contributed by atoms with Crippen LogP contribution in [0.5, 0.6) is 0 Å². The zero-order chi connectivity index (χ0) is 15.6. The predicted molar refractivity (Wildman–Crippen MR) is 85.5 cm³/mol. The lowest BCUT2D eigenvalue weighted by atomic mass is 9.95. The summed E-state index contributed by atoms with van der Waals surface area (Å²) in [5.41, 5.74) is 3.57. The van der Waals surface area contributed by atoms with E-state index in [2.05, 4.69) is 43.0 Å². The van der Waals surface area contributed by atoms with Crippen LogP contribution in [0.15, 0.2) is 0 Å². The Balaban J connectivity index is 2.45. The van der Waals surface area contributed by atoms with Crippen LogP contribution in [0, 0.1) is 6.92 Å². The molecule has 0 amide bonds. The highest BCUT2D eigenvalue weighted by molar-refractivity contribution is 5.58. The molecule has 6 nitrogen and oxygen atoms in total. The van der Waals surface area contributed by atoms with Crippen molar-refractivity contribution in [1.82, 2.24) is 9.97 Å². The number of hydrazine groups is 1. The molecule has 118 valence electrons. The maximum absolute atomic E-state index is 5.72. The fraction of sp³-hybridized carbons (Fsp3) is 0.733. The summed E-state index contributed by atoms with van der Waals surface area (Å²) in [6, 6.07) is 0. The number of anilines is 2. The molecule has 21 heavy (non-hydrogen) atoms. The molecule has 0 spiro atoms. The van der Waals surface area contributed by atoms with Crippen LogP contribution < -0.4 is 16.2 Å². The van der Waals surface area contributed by atoms with Gasteiger partial charge in [-0.05, 0) is 20.3 Å². The highest BCUT2D eigenvalue weighted by Gasteiger charge is 2.25. The van der Waals surface area contributed by atoms with E-state index in [1.54, 1.807) is 0 Å². The molecule has 1 aliphatic rings. The van der Waals surface area contributed by atoms with Gasteiger partial charge in [0.2, 0.25) is 0 Å². The van der Waals surface area contributed by atoms with Gasteiger partial charge in [0.1, 0.15) is 17.5 Å². The minimum Gasteiger partial charge on any atom is -0.377 e. The number of ether oxygens (including phenoxy) is 1. The van der Waals surface area contributed by atoms with Gasteiger partial charge in [0.05, 0.1) is 6.10 Å². The molecule has 0 aromatic carbocycles. The Bertz CT molecular complexity index is 498. The third-order valence-electron chi connectivity index (χ3n) is 3.68. The number of aromatic nitrogens is 2. The number of rotatable bonds is 2. The van der Waals surface area contributed by atoms with Gasteiger partial charge in [-0.15, -0.1) is 0 Å². The molecule has 1 aromatic rings. The molecule has 1 aliphatic heterocycles. The summed E-state index contributed by atoms with van der Waals surface area (Å²) < 4.78 is 5.72. The van der Waals surface area contributed by atoms with E-state index in [0.717, 1.165) is 43.3 Å². The summed E-state index contributed by atoms with van der Waals surface area (Å²) in [5.74, 6) is 8.09. The molecule has 1 aromatic heterocycles. The summed E-state index contributed by atoms with van der Waals surface area (Å²) >= 11 is 0. The lowest BCUT2D eigenvalue weighted by Crippen LogP contribution is -2.33. The van der Waals surface area contributed by atoms with Crippen LogP contribution in [-0.2, 0) is 10.2 Å². The minimum atomic E-state index is -0.123. The number of nitrogens with one attached hydrogen (secondary N) is 1. The topological polar surface area (TPSA) is 76.3 Å². The first kappa shape index (κ1) is 16.0. The van der Waals surface area contributed by atoms with Crippen molar-refractivity contribution in [2.75, 3.05) is 30.0 Å². The predicted octanol–water partition coefficient (Wildman–Crippen LogP) is 1.98. The van der Waals surface area contributed by atoms with Gasteiger partial charge < -0.3 is 15.1 Å². The second-order valence-corrected chi connectivity index (χ2v) is 6.72. The third kappa shape index (κ3) is 3.63. The molecular formula is C15H27N5O. The zero-order valence-corrected chi connectivity index (χ0v) is 13.7. The largest absolute Gasteiger partial charge is 0.377 e. The van der Waals surface area contributed by atoms with Gasteiger partial charge in [-0.25, -0.2) is 15.8 Å². The number of nitrogen functional groups attached to an aromatic ring is 1. The molecule has 0 bridgehead atoms. The highest BCUT2D eigenvalue weighted by atomic mass is 16.5. The molecule has 1 saturated heterocycles. The van der Waals surface area contributed by atoms with E-state index < -0.39 is 0 Å². The molecule has 0 radical (unpaired) electrons. The number of nitrogens with zero attached hydrogens (tertiary/aromatic N) is 3. The molecule has 1 unspecified atom stereocenters. The van der Waals surface area contributed by atoms with Crippen molar-refractivity contribution in [1.29, 1.82) is 0 Å². The molecule has 6 heteroatoms. The van der Waals surface area contributed by atoms with E-state index in [4.69, 9.17) is 15.6 Å². The van der Waals surface area contributed by atoms with Crippen LogP contribution in [0.25, 0.3) is 0 Å². The van der Waals surface area contributed by atoms with Gasteiger partial charge in [-0.3, -0.25) is 0 Å². The first-order chi connectivity index (χ1) is 9.82. The van der Waals surface area contributed by atoms with Crippen molar-refractivity contribution >= 4 is 11.6 Å². The van der Waals surface area contributed by atoms with E-state index in [-0.39, 0.29) is 11.5 Å². The normalized spacial score (nSPS) is 20.3. The van der Waals surface area contributed by atoms with Crippen LogP contribution >= 0.6 is 0 Å². The summed E-state index contributed by atoms with van der Waals surface area (Å²) in [6.45, 7) is 13.0. The van der Waals surface area contributed by atoms with Crippen LogP contribution in [0.4, 0.5) is 11.6 Å². The smallest absolute Gasteiger partial charge is 0.148 e. The molecule has 2 heterocycles. The highest BCUT2D eigenvalue weighted by Crippen LogP contribution is 2.29. The van der Waals surface area contributed by atoms with Gasteiger partial charge in [0.25, 0.3) is 0 Å². The van der Waals surface area contributed by atoms with E-state index >= 15 is 0 Å². The average Bonchev–Trinajstić information content (AvgIpc) is 2.62. The zero-order valence-electron chi connectivity index (χ0n) is 13.7. The Kier molecular flexibility index (Phi) is 4.68.